The number of rotatable bonds is 20. The molecule has 4 N–H and O–H groups in total. The predicted molar refractivity (Wildman–Crippen MR) is 242 cm³/mol. The van der Waals surface area contributed by atoms with E-state index < -0.39 is 37.8 Å². The highest BCUT2D eigenvalue weighted by atomic mass is 32.2. The number of unbranched alkanes of at least 4 members (excludes halogenated alkanes) is 3. The Morgan fingerprint density at radius 1 is 0.968 bits per heavy atom. The van der Waals surface area contributed by atoms with E-state index in [9.17, 15) is 23.1 Å². The van der Waals surface area contributed by atoms with Crippen molar-refractivity contribution < 1.29 is 42.1 Å². The Balaban J connectivity index is 1.09. The molecule has 0 spiro atoms. The van der Waals surface area contributed by atoms with Gasteiger partial charge in [0.2, 0.25) is 0 Å². The monoisotopic (exact) mass is 885 g/mol. The van der Waals surface area contributed by atoms with Gasteiger partial charge in [0.25, 0.3) is 5.91 Å². The fraction of sp³-hybridized carbons (Fsp3) is 0.500. The maximum atomic E-state index is 14.4. The lowest BCUT2D eigenvalue weighted by atomic mass is 9.91. The van der Waals surface area contributed by atoms with Crippen molar-refractivity contribution in [1.82, 2.24) is 14.9 Å². The standard InChI is InChI=1S/C48H63N5O9S/c1-46(2,3)62-45(56)53(5)31-36-18-15-19-38(42(36)54)52-44(55)41-43(49)50-30-39(51-41)35-21-23-37(24-22-35)63(57,58)48(26-27-48)33-47(4,61-40-20-11-14-29-60-40)25-12-6-7-13-28-59-32-34-16-9-8-10-17-34/h8-10,15-19,21-24,30,40,54H,6-7,11-14,20,25-29,31-33H2,1-5H3,(H2,49,50)(H,52,55). The number of phenolic OH excluding ortho intramolecular Hbond substituents is 1. The molecule has 1 saturated heterocycles. The number of anilines is 2. The van der Waals surface area contributed by atoms with E-state index in [1.165, 1.54) is 17.2 Å². The number of aromatic hydroxyl groups is 1. The van der Waals surface area contributed by atoms with Gasteiger partial charge < -0.3 is 40.0 Å². The van der Waals surface area contributed by atoms with Crippen LogP contribution in [0.15, 0.2) is 83.9 Å². The fourth-order valence-corrected chi connectivity index (χ4v) is 10.0. The second-order valence-electron chi connectivity index (χ2n) is 18.0. The van der Waals surface area contributed by atoms with Crippen molar-refractivity contribution in [1.29, 1.82) is 0 Å². The second-order valence-corrected chi connectivity index (χ2v) is 20.4. The summed E-state index contributed by atoms with van der Waals surface area (Å²) in [6.45, 7) is 9.28. The third kappa shape index (κ3) is 12.8. The molecule has 1 aliphatic heterocycles. The Bertz CT molecular complexity index is 2280. The molecule has 2 unspecified atom stereocenters. The number of hydrogen-bond donors (Lipinski definition) is 3. The van der Waals surface area contributed by atoms with E-state index in [0.717, 1.165) is 56.9 Å². The molecule has 2 heterocycles. The molecule has 1 saturated carbocycles. The van der Waals surface area contributed by atoms with Crippen LogP contribution in [0.3, 0.4) is 0 Å². The number of nitrogen functional groups attached to an aromatic ring is 1. The number of aromatic nitrogens is 2. The van der Waals surface area contributed by atoms with E-state index in [-0.39, 0.29) is 40.7 Å². The number of benzene rings is 3. The van der Waals surface area contributed by atoms with Gasteiger partial charge in [-0.05, 0) is 103 Å². The van der Waals surface area contributed by atoms with Crippen LogP contribution in [0.5, 0.6) is 5.75 Å². The first-order valence-electron chi connectivity index (χ1n) is 21.9. The molecule has 0 radical (unpaired) electrons. The topological polar surface area (TPSA) is 192 Å². The van der Waals surface area contributed by atoms with Crippen LogP contribution < -0.4 is 11.1 Å². The average molecular weight is 886 g/mol. The van der Waals surface area contributed by atoms with Gasteiger partial charge in [-0.15, -0.1) is 0 Å². The van der Waals surface area contributed by atoms with Crippen LogP contribution in [0.1, 0.15) is 120 Å². The highest BCUT2D eigenvalue weighted by Gasteiger charge is 2.58. The predicted octanol–water partition coefficient (Wildman–Crippen LogP) is 9.22. The molecule has 4 aromatic rings. The lowest BCUT2D eigenvalue weighted by molar-refractivity contribution is -0.224. The second kappa shape index (κ2) is 20.6. The third-order valence-corrected chi connectivity index (χ3v) is 14.0. The normalized spacial score (nSPS) is 17.1. The largest absolute Gasteiger partial charge is 0.505 e. The summed E-state index contributed by atoms with van der Waals surface area (Å²) >= 11 is 0. The van der Waals surface area contributed by atoms with Gasteiger partial charge in [0, 0.05) is 31.4 Å². The maximum Gasteiger partial charge on any atom is 0.410 e. The number of carbonyl (C=O) groups is 2. The molecule has 6 rings (SSSR count). The number of phenols is 1. The molecular formula is C48H63N5O9S. The van der Waals surface area contributed by atoms with Gasteiger partial charge in [-0.1, -0.05) is 73.9 Å². The first-order valence-corrected chi connectivity index (χ1v) is 23.4. The van der Waals surface area contributed by atoms with Crippen LogP contribution in [0, 0.1) is 0 Å². The van der Waals surface area contributed by atoms with Crippen LogP contribution in [-0.2, 0) is 41.9 Å². The van der Waals surface area contributed by atoms with Crippen LogP contribution >= 0.6 is 0 Å². The first-order chi connectivity index (χ1) is 30.0. The summed E-state index contributed by atoms with van der Waals surface area (Å²) in [6, 6.07) is 21.4. The molecule has 1 aromatic heterocycles. The minimum Gasteiger partial charge on any atom is -0.505 e. The van der Waals surface area contributed by atoms with E-state index >= 15 is 0 Å². The first kappa shape index (κ1) is 47.4. The molecule has 2 amide bonds. The van der Waals surface area contributed by atoms with E-state index in [2.05, 4.69) is 27.4 Å². The van der Waals surface area contributed by atoms with Crippen molar-refractivity contribution in [3.05, 3.63) is 95.8 Å². The Morgan fingerprint density at radius 2 is 1.70 bits per heavy atom. The highest BCUT2D eigenvalue weighted by molar-refractivity contribution is 7.93. The number of nitrogens with one attached hydrogen (secondary N) is 1. The number of nitrogens with two attached hydrogens (primary N) is 1. The molecule has 2 atom stereocenters. The van der Waals surface area contributed by atoms with Gasteiger partial charge >= 0.3 is 6.09 Å². The molecular weight excluding hydrogens is 823 g/mol. The quantitative estimate of drug-likeness (QED) is 0.0564. The molecule has 0 bridgehead atoms. The van der Waals surface area contributed by atoms with Crippen LogP contribution in [-0.4, -0.2) is 82.9 Å². The van der Waals surface area contributed by atoms with Gasteiger partial charge in [0.1, 0.15) is 11.4 Å². The van der Waals surface area contributed by atoms with E-state index in [1.807, 2.05) is 25.1 Å². The Labute approximate surface area is 371 Å². The van der Waals surface area contributed by atoms with Crippen LogP contribution in [0.25, 0.3) is 11.3 Å². The number of sulfone groups is 1. The summed E-state index contributed by atoms with van der Waals surface area (Å²) in [5, 5.41) is 13.7. The Morgan fingerprint density at radius 3 is 2.38 bits per heavy atom. The molecule has 15 heteroatoms. The number of para-hydroxylation sites is 1. The van der Waals surface area contributed by atoms with Crippen molar-refractivity contribution >= 4 is 33.3 Å². The Hall–Kier alpha value is -5.09. The third-order valence-electron chi connectivity index (χ3n) is 11.4. The Kier molecular flexibility index (Phi) is 15.5. The number of nitrogens with zero attached hydrogens (tertiary/aromatic N) is 3. The lowest BCUT2D eigenvalue weighted by Gasteiger charge is -2.38. The zero-order chi connectivity index (χ0) is 45.3. The van der Waals surface area contributed by atoms with Gasteiger partial charge in [-0.2, -0.15) is 0 Å². The minimum absolute atomic E-state index is 0.0181. The molecule has 2 aliphatic rings. The zero-order valence-electron chi connectivity index (χ0n) is 37.2. The number of ether oxygens (including phenoxy) is 4. The lowest BCUT2D eigenvalue weighted by Crippen LogP contribution is -2.42. The molecule has 1 aliphatic carbocycles. The highest BCUT2D eigenvalue weighted by Crippen LogP contribution is 2.53. The van der Waals surface area contributed by atoms with Gasteiger partial charge in [-0.3, -0.25) is 4.79 Å². The molecule has 63 heavy (non-hydrogen) atoms. The number of carbonyl (C=O) groups excluding carboxylic acids is 2. The van der Waals surface area contributed by atoms with Crippen molar-refractivity contribution in [2.24, 2.45) is 0 Å². The van der Waals surface area contributed by atoms with Crippen molar-refractivity contribution in [2.45, 2.75) is 139 Å². The van der Waals surface area contributed by atoms with E-state index in [1.54, 1.807) is 64.2 Å². The van der Waals surface area contributed by atoms with Crippen LogP contribution in [0.2, 0.25) is 0 Å². The molecule has 2 fully saturated rings. The smallest absolute Gasteiger partial charge is 0.410 e. The molecule has 340 valence electrons. The minimum atomic E-state index is -3.77. The van der Waals surface area contributed by atoms with Gasteiger partial charge in [-0.25, -0.2) is 23.2 Å². The van der Waals surface area contributed by atoms with Gasteiger partial charge in [0.05, 0.1) is 46.0 Å². The fourth-order valence-electron chi connectivity index (χ4n) is 7.91. The summed E-state index contributed by atoms with van der Waals surface area (Å²) in [4.78, 5) is 36.2. The van der Waals surface area contributed by atoms with Gasteiger partial charge in [0.15, 0.2) is 27.6 Å². The van der Waals surface area contributed by atoms with E-state index in [0.29, 0.717) is 55.9 Å². The summed E-state index contributed by atoms with van der Waals surface area (Å²) < 4.78 is 51.8. The van der Waals surface area contributed by atoms with Crippen LogP contribution in [0.4, 0.5) is 16.3 Å². The van der Waals surface area contributed by atoms with Crippen molar-refractivity contribution in [3.63, 3.8) is 0 Å². The average Bonchev–Trinajstić information content (AvgIpc) is 4.04. The summed E-state index contributed by atoms with van der Waals surface area (Å²) in [7, 11) is -2.23. The maximum absolute atomic E-state index is 14.4. The van der Waals surface area contributed by atoms with Crippen molar-refractivity contribution in [2.75, 3.05) is 31.3 Å². The summed E-state index contributed by atoms with van der Waals surface area (Å²) in [6.07, 6.45) is 9.31. The number of hydrogen-bond acceptors (Lipinski definition) is 12. The summed E-state index contributed by atoms with van der Waals surface area (Å²) in [5.74, 6) is -1.09. The van der Waals surface area contributed by atoms with Crippen molar-refractivity contribution in [3.8, 4) is 17.0 Å². The summed E-state index contributed by atoms with van der Waals surface area (Å²) in [5.41, 5.74) is 6.98. The molecule has 3 aromatic carbocycles. The van der Waals surface area contributed by atoms with E-state index in [4.69, 9.17) is 24.7 Å². The SMILES string of the molecule is CN(Cc1cccc(NC(=O)c2nc(-c3ccc(S(=O)(=O)C4(CC(C)(CCCCCCOCc5ccccc5)OC5CCCCO5)CC4)cc3)cnc2N)c1O)C(=O)OC(C)(C)C. The molecule has 14 nitrogen and oxygen atoms in total. The zero-order valence-corrected chi connectivity index (χ0v) is 38.0. The number of amides is 2.